The van der Waals surface area contributed by atoms with E-state index in [1.165, 1.54) is 11.1 Å². The van der Waals surface area contributed by atoms with Crippen LogP contribution in [0.25, 0.3) is 0 Å². The predicted molar refractivity (Wildman–Crippen MR) is 80.1 cm³/mol. The molecule has 2 bridgehead atoms. The molecule has 0 spiro atoms. The molecule has 2 N–H and O–H groups in total. The Balaban J connectivity index is 2.27. The van der Waals surface area contributed by atoms with Crippen LogP contribution < -0.4 is 5.32 Å². The average molecular weight is 375 g/mol. The van der Waals surface area contributed by atoms with Crippen molar-refractivity contribution in [3.63, 3.8) is 0 Å². The van der Waals surface area contributed by atoms with Crippen LogP contribution in [0.15, 0.2) is 15.0 Å². The molecule has 18 heavy (non-hydrogen) atoms. The van der Waals surface area contributed by atoms with Crippen LogP contribution in [0.3, 0.4) is 0 Å². The summed E-state index contributed by atoms with van der Waals surface area (Å²) >= 11 is 7.04. The molecule has 1 aromatic carbocycles. The van der Waals surface area contributed by atoms with Crippen LogP contribution in [0.1, 0.15) is 31.4 Å². The monoisotopic (exact) mass is 373 g/mol. The van der Waals surface area contributed by atoms with Crippen molar-refractivity contribution >= 4 is 31.9 Å². The number of aromatic hydroxyl groups is 1. The first-order valence-corrected chi connectivity index (χ1v) is 7.97. The van der Waals surface area contributed by atoms with Gasteiger partial charge in [-0.2, -0.15) is 0 Å². The van der Waals surface area contributed by atoms with Crippen molar-refractivity contribution in [3.8, 4) is 5.75 Å². The van der Waals surface area contributed by atoms with Crippen molar-refractivity contribution in [2.75, 3.05) is 6.54 Å². The topological polar surface area (TPSA) is 32.3 Å². The molecule has 0 amide bonds. The Labute approximate surface area is 124 Å². The Hall–Kier alpha value is -0.0600. The smallest absolute Gasteiger partial charge is 0.144 e. The third-order valence-corrected chi connectivity index (χ3v) is 6.32. The molecule has 3 rings (SSSR count). The largest absolute Gasteiger partial charge is 0.506 e. The molecule has 1 aliphatic heterocycles. The van der Waals surface area contributed by atoms with Gasteiger partial charge in [-0.1, -0.05) is 13.8 Å². The maximum absolute atomic E-state index is 10.2. The van der Waals surface area contributed by atoms with Gasteiger partial charge < -0.3 is 10.4 Å². The normalized spacial score (nSPS) is 34.2. The van der Waals surface area contributed by atoms with Crippen LogP contribution in [0.2, 0.25) is 0 Å². The predicted octanol–water partition coefficient (Wildman–Crippen LogP) is 3.73. The first kappa shape index (κ1) is 12.9. The fourth-order valence-electron chi connectivity index (χ4n) is 3.64. The Morgan fingerprint density at radius 2 is 2.17 bits per heavy atom. The summed E-state index contributed by atoms with van der Waals surface area (Å²) in [6.45, 7) is 5.72. The minimum atomic E-state index is 0.153. The number of halogens is 2. The molecule has 98 valence electrons. The number of piperidine rings is 1. The van der Waals surface area contributed by atoms with Crippen LogP contribution in [0.5, 0.6) is 5.75 Å². The minimum absolute atomic E-state index is 0.153. The molecule has 1 heterocycles. The lowest BCUT2D eigenvalue weighted by Gasteiger charge is -2.50. The molecule has 1 fully saturated rings. The van der Waals surface area contributed by atoms with Gasteiger partial charge in [0.05, 0.1) is 8.95 Å². The standard InChI is InChI=1S/C14H17Br2NO/c1-7-10-6-8-5-9(15)13(18)12(16)11(8)14(7,2)3-4-17-10/h5,7,10,17-18H,3-4,6H2,1-2H3/t7-,10+,14+/m1/s1. The molecule has 0 aromatic heterocycles. The molecule has 1 aromatic rings. The number of hydrogen-bond donors (Lipinski definition) is 2. The summed E-state index contributed by atoms with van der Waals surface area (Å²) in [5.74, 6) is 0.926. The molecule has 3 atom stereocenters. The SMILES string of the molecule is C[C@@H]1[C@@H]2Cc3cc(Br)c(O)c(Br)c3[C@@]1(C)CCN2. The Kier molecular flexibility index (Phi) is 3.03. The van der Waals surface area contributed by atoms with Crippen LogP contribution in [0.4, 0.5) is 0 Å². The second-order valence-electron chi connectivity index (χ2n) is 5.78. The third kappa shape index (κ3) is 1.61. The lowest BCUT2D eigenvalue weighted by molar-refractivity contribution is 0.157. The first-order chi connectivity index (χ1) is 8.45. The van der Waals surface area contributed by atoms with Crippen molar-refractivity contribution < 1.29 is 5.11 Å². The summed E-state index contributed by atoms with van der Waals surface area (Å²) in [5, 5.41) is 13.8. The number of rotatable bonds is 0. The molecular formula is C14H17Br2NO. The van der Waals surface area contributed by atoms with Crippen LogP contribution in [0, 0.1) is 5.92 Å². The summed E-state index contributed by atoms with van der Waals surface area (Å²) in [6.07, 6.45) is 2.17. The van der Waals surface area contributed by atoms with Gasteiger partial charge in [-0.3, -0.25) is 0 Å². The molecular weight excluding hydrogens is 358 g/mol. The zero-order valence-corrected chi connectivity index (χ0v) is 13.7. The fraction of sp³-hybridized carbons (Fsp3) is 0.571. The van der Waals surface area contributed by atoms with Crippen molar-refractivity contribution in [2.45, 2.75) is 38.1 Å². The highest BCUT2D eigenvalue weighted by atomic mass is 79.9. The van der Waals surface area contributed by atoms with Gasteiger partial charge in [0.1, 0.15) is 5.75 Å². The van der Waals surface area contributed by atoms with Gasteiger partial charge in [-0.05, 0) is 79.8 Å². The maximum atomic E-state index is 10.2. The van der Waals surface area contributed by atoms with Gasteiger partial charge in [-0.15, -0.1) is 0 Å². The number of hydrogen-bond acceptors (Lipinski definition) is 2. The van der Waals surface area contributed by atoms with E-state index in [1.807, 2.05) is 0 Å². The number of phenols is 1. The summed E-state index contributed by atoms with van der Waals surface area (Å²) in [5.41, 5.74) is 2.82. The quantitative estimate of drug-likeness (QED) is 0.725. The van der Waals surface area contributed by atoms with E-state index in [2.05, 4.69) is 57.1 Å². The van der Waals surface area contributed by atoms with Gasteiger partial charge in [0.2, 0.25) is 0 Å². The second-order valence-corrected chi connectivity index (χ2v) is 7.42. The molecule has 2 aliphatic rings. The van der Waals surface area contributed by atoms with E-state index in [-0.39, 0.29) is 5.41 Å². The van der Waals surface area contributed by atoms with Crippen LogP contribution in [-0.2, 0) is 11.8 Å². The van der Waals surface area contributed by atoms with Crippen LogP contribution >= 0.6 is 31.9 Å². The maximum Gasteiger partial charge on any atom is 0.144 e. The van der Waals surface area contributed by atoms with Crippen molar-refractivity contribution in [1.82, 2.24) is 5.32 Å². The Bertz CT molecular complexity index is 517. The average Bonchev–Trinajstić information content (AvgIpc) is 2.30. The highest BCUT2D eigenvalue weighted by molar-refractivity contribution is 9.11. The summed E-state index contributed by atoms with van der Waals surface area (Å²) in [4.78, 5) is 0. The summed E-state index contributed by atoms with van der Waals surface area (Å²) < 4.78 is 1.66. The fourth-order valence-corrected chi connectivity index (χ4v) is 5.30. The Morgan fingerprint density at radius 1 is 1.44 bits per heavy atom. The van der Waals surface area contributed by atoms with Crippen molar-refractivity contribution in [1.29, 1.82) is 0 Å². The third-order valence-electron chi connectivity index (χ3n) is 4.95. The lowest BCUT2D eigenvalue weighted by atomic mass is 9.59. The molecule has 2 nitrogen and oxygen atoms in total. The number of fused-ring (bicyclic) bond motifs is 4. The second kappa shape index (κ2) is 4.22. The molecule has 0 unspecified atom stereocenters. The lowest BCUT2D eigenvalue weighted by Crippen LogP contribution is -2.56. The van der Waals surface area contributed by atoms with Crippen molar-refractivity contribution in [3.05, 3.63) is 26.1 Å². The molecule has 0 saturated carbocycles. The van der Waals surface area contributed by atoms with Gasteiger partial charge in [0.15, 0.2) is 0 Å². The van der Waals surface area contributed by atoms with Gasteiger partial charge in [-0.25, -0.2) is 0 Å². The summed E-state index contributed by atoms with van der Waals surface area (Å²) in [7, 11) is 0. The number of phenolic OH excluding ortho intramolecular Hbond substituents is 1. The van der Waals surface area contributed by atoms with E-state index in [4.69, 9.17) is 0 Å². The highest BCUT2D eigenvalue weighted by Gasteiger charge is 2.47. The van der Waals surface area contributed by atoms with E-state index in [0.29, 0.717) is 17.7 Å². The zero-order chi connectivity index (χ0) is 13.1. The molecule has 0 radical (unpaired) electrons. The number of benzene rings is 1. The van der Waals surface area contributed by atoms with E-state index in [0.717, 1.165) is 28.3 Å². The number of nitrogens with one attached hydrogen (secondary N) is 1. The van der Waals surface area contributed by atoms with E-state index >= 15 is 0 Å². The molecule has 1 aliphatic carbocycles. The minimum Gasteiger partial charge on any atom is -0.506 e. The van der Waals surface area contributed by atoms with Gasteiger partial charge >= 0.3 is 0 Å². The van der Waals surface area contributed by atoms with Crippen molar-refractivity contribution in [2.24, 2.45) is 5.92 Å². The van der Waals surface area contributed by atoms with Gasteiger partial charge in [0.25, 0.3) is 0 Å². The first-order valence-electron chi connectivity index (χ1n) is 6.39. The van der Waals surface area contributed by atoms with Gasteiger partial charge in [0, 0.05) is 6.04 Å². The highest BCUT2D eigenvalue weighted by Crippen LogP contribution is 2.52. The molecule has 4 heteroatoms. The van der Waals surface area contributed by atoms with E-state index in [9.17, 15) is 5.11 Å². The molecule has 1 saturated heterocycles. The zero-order valence-electron chi connectivity index (χ0n) is 10.6. The van der Waals surface area contributed by atoms with E-state index in [1.54, 1.807) is 0 Å². The summed E-state index contributed by atoms with van der Waals surface area (Å²) in [6, 6.07) is 2.64. The van der Waals surface area contributed by atoms with E-state index < -0.39 is 0 Å². The Morgan fingerprint density at radius 3 is 2.89 bits per heavy atom. The van der Waals surface area contributed by atoms with Crippen LogP contribution in [-0.4, -0.2) is 17.7 Å².